The lowest BCUT2D eigenvalue weighted by Crippen LogP contribution is -2.48. The molecule has 2 rings (SSSR count). The van der Waals surface area contributed by atoms with Gasteiger partial charge in [0.15, 0.2) is 9.84 Å². The molecule has 0 bridgehead atoms. The Hall–Kier alpha value is -0.0900. The van der Waals surface area contributed by atoms with E-state index in [4.69, 9.17) is 5.73 Å². The summed E-state index contributed by atoms with van der Waals surface area (Å²) in [6, 6.07) is 0. The number of hydrogen-bond acceptors (Lipinski definition) is 3. The van der Waals surface area contributed by atoms with Crippen molar-refractivity contribution in [1.82, 2.24) is 0 Å². The SMILES string of the molecule is NC1(CC2CCS(=O)(=O)C2)CCC1. The number of hydrogen-bond donors (Lipinski definition) is 1. The van der Waals surface area contributed by atoms with Gasteiger partial charge >= 0.3 is 0 Å². The molecule has 1 saturated carbocycles. The molecule has 1 saturated heterocycles. The maximum absolute atomic E-state index is 11.2. The first-order valence-corrected chi connectivity index (χ1v) is 6.81. The molecule has 1 heterocycles. The van der Waals surface area contributed by atoms with Crippen molar-refractivity contribution in [2.75, 3.05) is 11.5 Å². The second kappa shape index (κ2) is 2.95. The standard InChI is InChI=1S/C9H17NO2S/c10-9(3-1-4-9)6-8-2-5-13(11,12)7-8/h8H,1-7,10H2. The molecule has 13 heavy (non-hydrogen) atoms. The lowest BCUT2D eigenvalue weighted by atomic mass is 9.72. The molecule has 1 unspecified atom stereocenters. The maximum Gasteiger partial charge on any atom is 0.150 e. The van der Waals surface area contributed by atoms with Crippen LogP contribution in [0.1, 0.15) is 32.1 Å². The fourth-order valence-corrected chi connectivity index (χ4v) is 4.30. The smallest absolute Gasteiger partial charge is 0.150 e. The fraction of sp³-hybridized carbons (Fsp3) is 1.00. The lowest BCUT2D eigenvalue weighted by molar-refractivity contribution is 0.202. The van der Waals surface area contributed by atoms with Crippen molar-refractivity contribution in [3.63, 3.8) is 0 Å². The molecule has 0 spiro atoms. The van der Waals surface area contributed by atoms with Crippen LogP contribution in [0.4, 0.5) is 0 Å². The van der Waals surface area contributed by atoms with Gasteiger partial charge < -0.3 is 5.73 Å². The Morgan fingerprint density at radius 2 is 2.08 bits per heavy atom. The van der Waals surface area contributed by atoms with E-state index in [1.807, 2.05) is 0 Å². The molecule has 2 aliphatic rings. The second-order valence-corrected chi connectivity index (χ2v) is 6.92. The van der Waals surface area contributed by atoms with E-state index < -0.39 is 9.84 Å². The van der Waals surface area contributed by atoms with Crippen molar-refractivity contribution in [3.05, 3.63) is 0 Å². The predicted molar refractivity (Wildman–Crippen MR) is 52.1 cm³/mol. The highest BCUT2D eigenvalue weighted by molar-refractivity contribution is 7.91. The molecular weight excluding hydrogens is 186 g/mol. The van der Waals surface area contributed by atoms with E-state index in [0.29, 0.717) is 17.4 Å². The van der Waals surface area contributed by atoms with Crippen LogP contribution in [0.15, 0.2) is 0 Å². The van der Waals surface area contributed by atoms with E-state index in [1.54, 1.807) is 0 Å². The molecule has 4 heteroatoms. The molecule has 0 amide bonds. The molecule has 0 aromatic carbocycles. The monoisotopic (exact) mass is 203 g/mol. The average molecular weight is 203 g/mol. The zero-order chi connectivity index (χ0) is 9.53. The van der Waals surface area contributed by atoms with Gasteiger partial charge in [0.1, 0.15) is 0 Å². The number of rotatable bonds is 2. The van der Waals surface area contributed by atoms with Crippen LogP contribution in [-0.4, -0.2) is 25.5 Å². The van der Waals surface area contributed by atoms with Gasteiger partial charge in [0.25, 0.3) is 0 Å². The van der Waals surface area contributed by atoms with Crippen molar-refractivity contribution in [3.8, 4) is 0 Å². The predicted octanol–water partition coefficient (Wildman–Crippen LogP) is 0.693. The van der Waals surface area contributed by atoms with Gasteiger partial charge in [-0.25, -0.2) is 8.42 Å². The van der Waals surface area contributed by atoms with E-state index >= 15 is 0 Å². The van der Waals surface area contributed by atoms with Gasteiger partial charge in [-0.15, -0.1) is 0 Å². The quantitative estimate of drug-likeness (QED) is 0.718. The van der Waals surface area contributed by atoms with E-state index in [1.165, 1.54) is 6.42 Å². The fourth-order valence-electron chi connectivity index (χ4n) is 2.44. The largest absolute Gasteiger partial charge is 0.325 e. The molecule has 0 radical (unpaired) electrons. The van der Waals surface area contributed by atoms with Crippen LogP contribution >= 0.6 is 0 Å². The second-order valence-electron chi connectivity index (χ2n) is 4.69. The van der Waals surface area contributed by atoms with Crippen LogP contribution in [0.2, 0.25) is 0 Å². The molecule has 1 aliphatic heterocycles. The lowest BCUT2D eigenvalue weighted by Gasteiger charge is -2.39. The summed E-state index contributed by atoms with van der Waals surface area (Å²) < 4.78 is 22.4. The van der Waals surface area contributed by atoms with Crippen LogP contribution in [0, 0.1) is 5.92 Å². The summed E-state index contributed by atoms with van der Waals surface area (Å²) in [5.41, 5.74) is 6.07. The van der Waals surface area contributed by atoms with E-state index in [9.17, 15) is 8.42 Å². The van der Waals surface area contributed by atoms with Crippen LogP contribution in [0.5, 0.6) is 0 Å². The summed E-state index contributed by atoms with van der Waals surface area (Å²) in [5.74, 6) is 1.11. The third-order valence-electron chi connectivity index (χ3n) is 3.37. The Kier molecular flexibility index (Phi) is 2.15. The summed E-state index contributed by atoms with van der Waals surface area (Å²) in [6.45, 7) is 0. The van der Waals surface area contributed by atoms with Crippen LogP contribution < -0.4 is 5.73 Å². The Bertz CT molecular complexity index is 293. The Labute approximate surface area is 79.6 Å². The van der Waals surface area contributed by atoms with Gasteiger partial charge in [0.2, 0.25) is 0 Å². The first-order chi connectivity index (χ1) is 5.99. The minimum absolute atomic E-state index is 0.00940. The van der Waals surface area contributed by atoms with E-state index in [2.05, 4.69) is 0 Å². The first-order valence-electron chi connectivity index (χ1n) is 4.98. The van der Waals surface area contributed by atoms with Gasteiger partial charge in [-0.1, -0.05) is 0 Å². The Morgan fingerprint density at radius 1 is 1.38 bits per heavy atom. The van der Waals surface area contributed by atoms with Crippen molar-refractivity contribution in [1.29, 1.82) is 0 Å². The molecule has 0 aromatic heterocycles. The first kappa shape index (κ1) is 9.46. The molecule has 1 aliphatic carbocycles. The normalized spacial score (nSPS) is 35.6. The van der Waals surface area contributed by atoms with E-state index in [0.717, 1.165) is 25.7 Å². The Balaban J connectivity index is 1.90. The number of sulfone groups is 1. The van der Waals surface area contributed by atoms with Crippen molar-refractivity contribution >= 4 is 9.84 Å². The molecular formula is C9H17NO2S. The summed E-state index contributed by atoms with van der Waals surface area (Å²) in [7, 11) is -2.71. The topological polar surface area (TPSA) is 60.2 Å². The van der Waals surface area contributed by atoms with Crippen molar-refractivity contribution in [2.45, 2.75) is 37.6 Å². The van der Waals surface area contributed by atoms with Gasteiger partial charge in [0, 0.05) is 5.54 Å². The molecule has 2 N–H and O–H groups in total. The minimum atomic E-state index is -2.71. The van der Waals surface area contributed by atoms with Crippen molar-refractivity contribution in [2.24, 2.45) is 11.7 Å². The molecule has 3 nitrogen and oxygen atoms in total. The third kappa shape index (κ3) is 2.05. The molecule has 76 valence electrons. The zero-order valence-electron chi connectivity index (χ0n) is 7.83. The van der Waals surface area contributed by atoms with Crippen LogP contribution in [0.3, 0.4) is 0 Å². The zero-order valence-corrected chi connectivity index (χ0v) is 8.65. The maximum atomic E-state index is 11.2. The van der Waals surface area contributed by atoms with Gasteiger partial charge in [-0.05, 0) is 38.0 Å². The van der Waals surface area contributed by atoms with Gasteiger partial charge in [-0.3, -0.25) is 0 Å². The molecule has 2 fully saturated rings. The van der Waals surface area contributed by atoms with E-state index in [-0.39, 0.29) is 5.54 Å². The highest BCUT2D eigenvalue weighted by Gasteiger charge is 2.38. The van der Waals surface area contributed by atoms with Crippen LogP contribution in [0.25, 0.3) is 0 Å². The van der Waals surface area contributed by atoms with Gasteiger partial charge in [0.05, 0.1) is 11.5 Å². The summed E-state index contributed by atoms with van der Waals surface area (Å²) in [5, 5.41) is 0. The van der Waals surface area contributed by atoms with Crippen LogP contribution in [-0.2, 0) is 9.84 Å². The average Bonchev–Trinajstić information content (AvgIpc) is 2.27. The number of nitrogens with two attached hydrogens (primary N) is 1. The third-order valence-corrected chi connectivity index (χ3v) is 5.21. The van der Waals surface area contributed by atoms with Crippen molar-refractivity contribution < 1.29 is 8.42 Å². The highest BCUT2D eigenvalue weighted by atomic mass is 32.2. The molecule has 1 atom stereocenters. The summed E-state index contributed by atoms with van der Waals surface area (Å²) >= 11 is 0. The Morgan fingerprint density at radius 3 is 2.46 bits per heavy atom. The summed E-state index contributed by atoms with van der Waals surface area (Å²) in [6.07, 6.45) is 5.15. The van der Waals surface area contributed by atoms with Gasteiger partial charge in [-0.2, -0.15) is 0 Å². The molecule has 0 aromatic rings. The highest BCUT2D eigenvalue weighted by Crippen LogP contribution is 2.37. The minimum Gasteiger partial charge on any atom is -0.325 e. The summed E-state index contributed by atoms with van der Waals surface area (Å²) in [4.78, 5) is 0.